The summed E-state index contributed by atoms with van der Waals surface area (Å²) in [7, 11) is 0. The van der Waals surface area contributed by atoms with Crippen LogP contribution in [0, 0.1) is 6.92 Å². The van der Waals surface area contributed by atoms with Crippen LogP contribution in [0.5, 0.6) is 5.75 Å². The van der Waals surface area contributed by atoms with Gasteiger partial charge in [-0.1, -0.05) is 59.3 Å². The molecule has 6 nitrogen and oxygen atoms in total. The van der Waals surface area contributed by atoms with E-state index < -0.39 is 0 Å². The molecule has 0 unspecified atom stereocenters. The molecule has 0 radical (unpaired) electrons. The van der Waals surface area contributed by atoms with E-state index in [1.54, 1.807) is 24.3 Å². The third kappa shape index (κ3) is 5.69. The van der Waals surface area contributed by atoms with Gasteiger partial charge in [0.25, 0.3) is 0 Å². The predicted octanol–water partition coefficient (Wildman–Crippen LogP) is 5.54. The minimum atomic E-state index is -0.111. The molecule has 0 atom stereocenters. The highest BCUT2D eigenvalue weighted by Crippen LogP contribution is 2.24. The molecule has 1 N–H and O–H groups in total. The summed E-state index contributed by atoms with van der Waals surface area (Å²) in [4.78, 5) is 12.4. The van der Waals surface area contributed by atoms with Gasteiger partial charge in [0.1, 0.15) is 12.4 Å². The van der Waals surface area contributed by atoms with E-state index in [2.05, 4.69) is 15.5 Å². The van der Waals surface area contributed by atoms with Crippen LogP contribution in [-0.2, 0) is 11.4 Å². The number of para-hydroxylation sites is 1. The number of ether oxygens (including phenoxy) is 1. The molecule has 0 spiro atoms. The van der Waals surface area contributed by atoms with Crippen molar-refractivity contribution in [1.82, 2.24) is 14.8 Å². The number of thioether (sulfide) groups is 1. The molecule has 0 aliphatic rings. The number of aromatic nitrogens is 3. The van der Waals surface area contributed by atoms with Crippen molar-refractivity contribution >= 4 is 35.0 Å². The summed E-state index contributed by atoms with van der Waals surface area (Å²) in [6, 6.07) is 24.6. The van der Waals surface area contributed by atoms with Crippen molar-refractivity contribution in [2.45, 2.75) is 18.7 Å². The van der Waals surface area contributed by atoms with E-state index in [0.717, 1.165) is 16.9 Å². The fourth-order valence-electron chi connectivity index (χ4n) is 2.97. The first-order valence-corrected chi connectivity index (χ1v) is 11.3. The third-order valence-corrected chi connectivity index (χ3v) is 5.74. The molecule has 0 bridgehead atoms. The number of nitrogens with one attached hydrogen (secondary N) is 1. The Morgan fingerprint density at radius 3 is 2.44 bits per heavy atom. The summed E-state index contributed by atoms with van der Waals surface area (Å²) in [6.07, 6.45) is 0. The largest absolute Gasteiger partial charge is 0.486 e. The topological polar surface area (TPSA) is 69.0 Å². The van der Waals surface area contributed by atoms with Gasteiger partial charge in [-0.15, -0.1) is 10.2 Å². The summed E-state index contributed by atoms with van der Waals surface area (Å²) in [6.45, 7) is 2.23. The first-order chi connectivity index (χ1) is 15.6. The van der Waals surface area contributed by atoms with Crippen molar-refractivity contribution in [1.29, 1.82) is 0 Å². The highest BCUT2D eigenvalue weighted by atomic mass is 35.5. The maximum atomic E-state index is 12.4. The van der Waals surface area contributed by atoms with Gasteiger partial charge in [0.05, 0.1) is 5.75 Å². The molecule has 0 fully saturated rings. The summed E-state index contributed by atoms with van der Waals surface area (Å²) in [5.41, 5.74) is 2.80. The minimum Gasteiger partial charge on any atom is -0.486 e. The molecule has 1 amide bonds. The standard InChI is InChI=1S/C24H21ClN4O2S/c1-17-7-11-19(12-8-17)26-23(30)16-32-24-28-27-22(29(24)20-5-3-2-4-6-20)15-31-21-13-9-18(25)10-14-21/h2-14H,15-16H2,1H3,(H,26,30). The number of carbonyl (C=O) groups is 1. The molecule has 0 aliphatic heterocycles. The summed E-state index contributed by atoms with van der Waals surface area (Å²) < 4.78 is 7.77. The first-order valence-electron chi connectivity index (χ1n) is 9.96. The van der Waals surface area contributed by atoms with Crippen molar-refractivity contribution < 1.29 is 9.53 Å². The lowest BCUT2D eigenvalue weighted by atomic mass is 10.2. The Kier molecular flexibility index (Phi) is 7.09. The lowest BCUT2D eigenvalue weighted by Crippen LogP contribution is -2.14. The van der Waals surface area contributed by atoms with Gasteiger partial charge in [0.2, 0.25) is 5.91 Å². The zero-order valence-electron chi connectivity index (χ0n) is 17.4. The third-order valence-electron chi connectivity index (χ3n) is 4.56. The number of amides is 1. The van der Waals surface area contributed by atoms with Crippen LogP contribution in [-0.4, -0.2) is 26.4 Å². The van der Waals surface area contributed by atoms with Crippen LogP contribution < -0.4 is 10.1 Å². The monoisotopic (exact) mass is 464 g/mol. The van der Waals surface area contributed by atoms with E-state index in [4.69, 9.17) is 16.3 Å². The Labute approximate surface area is 195 Å². The van der Waals surface area contributed by atoms with Crippen LogP contribution in [0.4, 0.5) is 5.69 Å². The molecule has 1 heterocycles. The van der Waals surface area contributed by atoms with Crippen molar-refractivity contribution in [2.24, 2.45) is 0 Å². The number of aryl methyl sites for hydroxylation is 1. The molecule has 3 aromatic carbocycles. The van der Waals surface area contributed by atoms with E-state index in [9.17, 15) is 4.79 Å². The van der Waals surface area contributed by atoms with Gasteiger partial charge >= 0.3 is 0 Å². The van der Waals surface area contributed by atoms with Gasteiger partial charge in [-0.05, 0) is 55.5 Å². The number of anilines is 1. The number of nitrogens with zero attached hydrogens (tertiary/aromatic N) is 3. The van der Waals surface area contributed by atoms with Crippen LogP contribution in [0.3, 0.4) is 0 Å². The molecule has 4 aromatic rings. The van der Waals surface area contributed by atoms with Gasteiger partial charge in [0.15, 0.2) is 11.0 Å². The van der Waals surface area contributed by atoms with Crippen molar-refractivity contribution in [3.05, 3.63) is 95.3 Å². The second kappa shape index (κ2) is 10.3. The predicted molar refractivity (Wildman–Crippen MR) is 128 cm³/mol. The van der Waals surface area contributed by atoms with Crippen LogP contribution in [0.2, 0.25) is 5.02 Å². The van der Waals surface area contributed by atoms with E-state index >= 15 is 0 Å². The summed E-state index contributed by atoms with van der Waals surface area (Å²) in [5.74, 6) is 1.41. The zero-order valence-corrected chi connectivity index (χ0v) is 18.9. The summed E-state index contributed by atoms with van der Waals surface area (Å²) >= 11 is 7.26. The maximum absolute atomic E-state index is 12.4. The van der Waals surface area contributed by atoms with Crippen LogP contribution >= 0.6 is 23.4 Å². The molecular weight excluding hydrogens is 444 g/mol. The Hall–Kier alpha value is -3.29. The molecule has 32 heavy (non-hydrogen) atoms. The minimum absolute atomic E-state index is 0.111. The van der Waals surface area contributed by atoms with Gasteiger partial charge in [-0.25, -0.2) is 0 Å². The normalized spacial score (nSPS) is 10.7. The molecular formula is C24H21ClN4O2S. The smallest absolute Gasteiger partial charge is 0.234 e. The van der Waals surface area contributed by atoms with E-state index in [-0.39, 0.29) is 18.3 Å². The van der Waals surface area contributed by atoms with Crippen molar-refractivity contribution in [3.63, 3.8) is 0 Å². The Morgan fingerprint density at radius 2 is 1.72 bits per heavy atom. The summed E-state index contributed by atoms with van der Waals surface area (Å²) in [5, 5.41) is 12.8. The van der Waals surface area contributed by atoms with Gasteiger partial charge in [-0.3, -0.25) is 9.36 Å². The average Bonchev–Trinajstić information content (AvgIpc) is 3.22. The Morgan fingerprint density at radius 1 is 1.00 bits per heavy atom. The van der Waals surface area contributed by atoms with Gasteiger partial charge in [0, 0.05) is 16.4 Å². The second-order valence-corrected chi connectivity index (χ2v) is 8.39. The highest BCUT2D eigenvalue weighted by molar-refractivity contribution is 7.99. The number of halogens is 1. The van der Waals surface area contributed by atoms with Crippen molar-refractivity contribution in [3.8, 4) is 11.4 Å². The fourth-order valence-corrected chi connectivity index (χ4v) is 3.86. The first kappa shape index (κ1) is 21.9. The Balaban J connectivity index is 1.48. The van der Waals surface area contributed by atoms with Crippen LogP contribution in [0.1, 0.15) is 11.4 Å². The molecule has 162 valence electrons. The van der Waals surface area contributed by atoms with E-state index in [1.165, 1.54) is 11.8 Å². The molecule has 4 rings (SSSR count). The number of rotatable bonds is 8. The number of hydrogen-bond acceptors (Lipinski definition) is 5. The lowest BCUT2D eigenvalue weighted by molar-refractivity contribution is -0.113. The molecule has 0 saturated heterocycles. The van der Waals surface area contributed by atoms with Gasteiger partial charge in [-0.2, -0.15) is 0 Å². The quantitative estimate of drug-likeness (QED) is 0.347. The van der Waals surface area contributed by atoms with Crippen LogP contribution in [0.15, 0.2) is 84.0 Å². The molecule has 0 saturated carbocycles. The van der Waals surface area contributed by atoms with E-state index in [1.807, 2.05) is 66.1 Å². The molecule has 1 aromatic heterocycles. The van der Waals surface area contributed by atoms with E-state index in [0.29, 0.717) is 21.8 Å². The number of carbonyl (C=O) groups excluding carboxylic acids is 1. The van der Waals surface area contributed by atoms with Crippen molar-refractivity contribution in [2.75, 3.05) is 11.1 Å². The SMILES string of the molecule is Cc1ccc(NC(=O)CSc2nnc(COc3ccc(Cl)cc3)n2-c2ccccc2)cc1. The maximum Gasteiger partial charge on any atom is 0.234 e. The molecule has 0 aliphatic carbocycles. The fraction of sp³-hybridized carbons (Fsp3) is 0.125. The Bertz CT molecular complexity index is 1180. The lowest BCUT2D eigenvalue weighted by Gasteiger charge is -2.11. The highest BCUT2D eigenvalue weighted by Gasteiger charge is 2.16. The number of hydrogen-bond donors (Lipinski definition) is 1. The number of benzene rings is 3. The average molecular weight is 465 g/mol. The van der Waals surface area contributed by atoms with Gasteiger partial charge < -0.3 is 10.1 Å². The zero-order chi connectivity index (χ0) is 22.3. The second-order valence-electron chi connectivity index (χ2n) is 7.02. The van der Waals surface area contributed by atoms with Crippen LogP contribution in [0.25, 0.3) is 5.69 Å². The molecule has 8 heteroatoms.